The molecule has 2 heterocycles. The largest absolute Gasteiger partial charge is 0.497 e. The van der Waals surface area contributed by atoms with Gasteiger partial charge in [-0.3, -0.25) is 14.9 Å². The number of amides is 2. The molecule has 0 fully saturated rings. The molecule has 4 rings (SSSR count). The number of hydrogen-bond donors (Lipinski definition) is 2. The highest BCUT2D eigenvalue weighted by molar-refractivity contribution is 7.99. The molecule has 0 spiro atoms. The lowest BCUT2D eigenvalue weighted by molar-refractivity contribution is -0.117. The van der Waals surface area contributed by atoms with E-state index in [9.17, 15) is 9.59 Å². The molecule has 7 nitrogen and oxygen atoms in total. The topological polar surface area (TPSA) is 107 Å². The van der Waals surface area contributed by atoms with E-state index in [1.807, 2.05) is 0 Å². The van der Waals surface area contributed by atoms with E-state index in [0.717, 1.165) is 29.5 Å². The highest BCUT2D eigenvalue weighted by Gasteiger charge is 2.23. The number of ether oxygens (including phenoxy) is 1. The van der Waals surface area contributed by atoms with Gasteiger partial charge in [0.05, 0.1) is 18.2 Å². The van der Waals surface area contributed by atoms with Gasteiger partial charge in [0.15, 0.2) is 5.16 Å². The number of rotatable bonds is 5. The molecule has 0 aliphatic heterocycles. The van der Waals surface area contributed by atoms with Crippen molar-refractivity contribution < 1.29 is 14.3 Å². The summed E-state index contributed by atoms with van der Waals surface area (Å²) in [6, 6.07) is 6.54. The second kappa shape index (κ2) is 8.61. The fraction of sp³-hybridized carbons (Fsp3) is 0.333. The number of thiophene rings is 1. The average Bonchev–Trinajstić information content (AvgIpc) is 3.10. The molecule has 1 aliphatic carbocycles. The molecule has 9 heteroatoms. The monoisotopic (exact) mass is 442 g/mol. The number of anilines is 1. The Kier molecular flexibility index (Phi) is 5.92. The van der Waals surface area contributed by atoms with Crippen LogP contribution in [0.15, 0.2) is 29.4 Å². The summed E-state index contributed by atoms with van der Waals surface area (Å²) in [5.74, 6) is 0.921. The predicted octanol–water partition coefficient (Wildman–Crippen LogP) is 3.46. The van der Waals surface area contributed by atoms with Crippen LogP contribution in [0.1, 0.15) is 34.1 Å². The minimum Gasteiger partial charge on any atom is -0.497 e. The number of nitrogen functional groups attached to an aromatic ring is 1. The normalized spacial score (nSPS) is 15.6. The molecule has 156 valence electrons. The highest BCUT2D eigenvalue weighted by Crippen LogP contribution is 2.39. The minimum absolute atomic E-state index is 0.0228. The Bertz CT molecular complexity index is 1110. The summed E-state index contributed by atoms with van der Waals surface area (Å²) < 4.78 is 5.06. The van der Waals surface area contributed by atoms with Crippen molar-refractivity contribution in [3.63, 3.8) is 0 Å². The molecule has 1 aromatic carbocycles. The SMILES string of the molecule is COc1ccc(C(=O)NC(=O)CSc2nc(N)c3c4c(sc3n2)CC(C)CC4)cc1. The fourth-order valence-corrected chi connectivity index (χ4v) is 5.62. The first-order valence-electron chi connectivity index (χ1n) is 9.63. The number of nitrogens with one attached hydrogen (secondary N) is 1. The Labute approximate surface area is 182 Å². The van der Waals surface area contributed by atoms with Gasteiger partial charge in [-0.05, 0) is 55.0 Å². The van der Waals surface area contributed by atoms with Crippen LogP contribution >= 0.6 is 23.1 Å². The van der Waals surface area contributed by atoms with Crippen molar-refractivity contribution in [3.05, 3.63) is 40.3 Å². The number of carbonyl (C=O) groups is 2. The number of methoxy groups -OCH3 is 1. The van der Waals surface area contributed by atoms with Crippen molar-refractivity contribution in [2.75, 3.05) is 18.6 Å². The van der Waals surface area contributed by atoms with Gasteiger partial charge >= 0.3 is 0 Å². The quantitative estimate of drug-likeness (QED) is 0.460. The van der Waals surface area contributed by atoms with Gasteiger partial charge in [-0.1, -0.05) is 18.7 Å². The molecule has 0 saturated carbocycles. The number of nitrogens with two attached hydrogens (primary N) is 1. The van der Waals surface area contributed by atoms with Crippen LogP contribution in [0.25, 0.3) is 10.2 Å². The molecule has 0 bridgehead atoms. The second-order valence-electron chi connectivity index (χ2n) is 7.32. The van der Waals surface area contributed by atoms with Crippen LogP contribution in [0.5, 0.6) is 5.75 Å². The minimum atomic E-state index is -0.459. The first-order chi connectivity index (χ1) is 14.4. The van der Waals surface area contributed by atoms with Crippen molar-refractivity contribution in [2.24, 2.45) is 5.92 Å². The van der Waals surface area contributed by atoms with Crippen LogP contribution in [-0.2, 0) is 17.6 Å². The van der Waals surface area contributed by atoms with E-state index in [4.69, 9.17) is 10.5 Å². The zero-order valence-electron chi connectivity index (χ0n) is 16.7. The van der Waals surface area contributed by atoms with Crippen molar-refractivity contribution >= 4 is 50.9 Å². The summed E-state index contributed by atoms with van der Waals surface area (Å²) >= 11 is 2.84. The van der Waals surface area contributed by atoms with Crippen molar-refractivity contribution in [1.82, 2.24) is 15.3 Å². The third-order valence-corrected chi connectivity index (χ3v) is 7.10. The van der Waals surface area contributed by atoms with E-state index in [1.165, 1.54) is 22.2 Å². The zero-order valence-corrected chi connectivity index (χ0v) is 18.4. The lowest BCUT2D eigenvalue weighted by Crippen LogP contribution is -2.31. The molecule has 1 aliphatic rings. The van der Waals surface area contributed by atoms with Gasteiger partial charge in [0.25, 0.3) is 5.91 Å². The number of carbonyl (C=O) groups excluding carboxylic acids is 2. The van der Waals surface area contributed by atoms with Crippen molar-refractivity contribution in [1.29, 1.82) is 0 Å². The molecular weight excluding hydrogens is 420 g/mol. The molecule has 0 radical (unpaired) electrons. The zero-order chi connectivity index (χ0) is 21.3. The summed E-state index contributed by atoms with van der Waals surface area (Å²) in [7, 11) is 1.55. The number of aryl methyl sites for hydroxylation is 1. The Morgan fingerprint density at radius 2 is 2.07 bits per heavy atom. The molecule has 3 aromatic rings. The number of aromatic nitrogens is 2. The van der Waals surface area contributed by atoms with E-state index in [2.05, 4.69) is 22.2 Å². The maximum absolute atomic E-state index is 12.2. The standard InChI is InChI=1S/C21H22N4O3S2/c1-11-3-8-14-15(9-11)30-20-17(14)18(22)24-21(25-20)29-10-16(26)23-19(27)12-4-6-13(28-2)7-5-12/h4-7,11H,3,8-10H2,1-2H3,(H2,22,24,25)(H,23,26,27). The number of fused-ring (bicyclic) bond motifs is 3. The van der Waals surface area contributed by atoms with Crippen LogP contribution in [0.2, 0.25) is 0 Å². The van der Waals surface area contributed by atoms with Gasteiger partial charge < -0.3 is 10.5 Å². The second-order valence-corrected chi connectivity index (χ2v) is 9.34. The Morgan fingerprint density at radius 1 is 1.30 bits per heavy atom. The summed E-state index contributed by atoms with van der Waals surface area (Å²) in [4.78, 5) is 35.6. The predicted molar refractivity (Wildman–Crippen MR) is 119 cm³/mol. The van der Waals surface area contributed by atoms with Gasteiger partial charge in [0, 0.05) is 10.4 Å². The fourth-order valence-electron chi connectivity index (χ4n) is 3.52. The Balaban J connectivity index is 1.41. The lowest BCUT2D eigenvalue weighted by Gasteiger charge is -2.17. The molecular formula is C21H22N4O3S2. The number of imide groups is 1. The van der Waals surface area contributed by atoms with Crippen LogP contribution in [0, 0.1) is 5.92 Å². The highest BCUT2D eigenvalue weighted by atomic mass is 32.2. The first-order valence-corrected chi connectivity index (χ1v) is 11.4. The van der Waals surface area contributed by atoms with Crippen molar-refractivity contribution in [2.45, 2.75) is 31.3 Å². The van der Waals surface area contributed by atoms with Gasteiger partial charge in [-0.15, -0.1) is 11.3 Å². The molecule has 2 aromatic heterocycles. The number of nitrogens with zero attached hydrogens (tertiary/aromatic N) is 2. The van der Waals surface area contributed by atoms with Crippen LogP contribution in [0.3, 0.4) is 0 Å². The van der Waals surface area contributed by atoms with Crippen LogP contribution < -0.4 is 15.8 Å². The lowest BCUT2D eigenvalue weighted by atomic mass is 9.89. The smallest absolute Gasteiger partial charge is 0.257 e. The van der Waals surface area contributed by atoms with Crippen LogP contribution in [0.4, 0.5) is 5.82 Å². The molecule has 1 atom stereocenters. The van der Waals surface area contributed by atoms with E-state index >= 15 is 0 Å². The van der Waals surface area contributed by atoms with E-state index in [-0.39, 0.29) is 5.75 Å². The molecule has 2 amide bonds. The molecule has 3 N–H and O–H groups in total. The summed E-state index contributed by atoms with van der Waals surface area (Å²) in [5.41, 5.74) is 7.89. The molecule has 30 heavy (non-hydrogen) atoms. The summed E-state index contributed by atoms with van der Waals surface area (Å²) in [6.07, 6.45) is 3.21. The van der Waals surface area contributed by atoms with Gasteiger partial charge in [-0.2, -0.15) is 0 Å². The average molecular weight is 443 g/mol. The number of benzene rings is 1. The third kappa shape index (κ3) is 4.27. The number of thioether (sulfide) groups is 1. The maximum Gasteiger partial charge on any atom is 0.257 e. The molecule has 0 saturated heterocycles. The Hall–Kier alpha value is -2.65. The number of hydrogen-bond acceptors (Lipinski definition) is 8. The summed E-state index contributed by atoms with van der Waals surface area (Å²) in [5, 5.41) is 3.78. The summed E-state index contributed by atoms with van der Waals surface area (Å²) in [6.45, 7) is 2.26. The van der Waals surface area contributed by atoms with E-state index in [1.54, 1.807) is 42.7 Å². The van der Waals surface area contributed by atoms with Crippen LogP contribution in [-0.4, -0.2) is 34.6 Å². The van der Waals surface area contributed by atoms with E-state index < -0.39 is 11.8 Å². The maximum atomic E-state index is 12.2. The van der Waals surface area contributed by atoms with Crippen molar-refractivity contribution in [3.8, 4) is 5.75 Å². The van der Waals surface area contributed by atoms with Gasteiger partial charge in [-0.25, -0.2) is 9.97 Å². The van der Waals surface area contributed by atoms with E-state index in [0.29, 0.717) is 28.2 Å². The first kappa shape index (κ1) is 20.6. The van der Waals surface area contributed by atoms with Gasteiger partial charge in [0.2, 0.25) is 5.91 Å². The Morgan fingerprint density at radius 3 is 2.80 bits per heavy atom. The van der Waals surface area contributed by atoms with Gasteiger partial charge in [0.1, 0.15) is 16.4 Å². The third-order valence-electron chi connectivity index (χ3n) is 5.10. The molecule has 1 unspecified atom stereocenters.